The number of ether oxygens (including phenoxy) is 1. The molecule has 1 unspecified atom stereocenters. The summed E-state index contributed by atoms with van der Waals surface area (Å²) >= 11 is 0. The minimum atomic E-state index is 0.124. The van der Waals surface area contributed by atoms with Crippen LogP contribution in [0.25, 0.3) is 0 Å². The van der Waals surface area contributed by atoms with Crippen LogP contribution in [-0.4, -0.2) is 31.6 Å². The average Bonchev–Trinajstić information content (AvgIpc) is 2.54. The van der Waals surface area contributed by atoms with Gasteiger partial charge >= 0.3 is 0 Å². The molecule has 0 saturated carbocycles. The first-order valence-corrected chi connectivity index (χ1v) is 5.98. The van der Waals surface area contributed by atoms with Crippen molar-refractivity contribution in [1.29, 1.82) is 5.41 Å². The molecule has 1 aliphatic rings. The minimum absolute atomic E-state index is 0.124. The summed E-state index contributed by atoms with van der Waals surface area (Å²) in [4.78, 5) is 2.26. The number of anilines is 1. The molecule has 1 saturated heterocycles. The molecule has 1 heterocycles. The van der Waals surface area contributed by atoms with Crippen molar-refractivity contribution in [3.63, 3.8) is 0 Å². The standard InChI is InChI=1S/C13H19N3O/c1-10-9-16(7-4-8-17-10)12-6-3-2-5-11(12)13(14)15/h2-3,5-6,10H,4,7-9H2,1H3,(H3,14,15). The van der Waals surface area contributed by atoms with E-state index in [1.54, 1.807) is 0 Å². The smallest absolute Gasteiger partial charge is 0.124 e. The van der Waals surface area contributed by atoms with Crippen LogP contribution in [0, 0.1) is 5.41 Å². The number of nitrogens with one attached hydrogen (secondary N) is 1. The molecule has 92 valence electrons. The molecular formula is C13H19N3O. The van der Waals surface area contributed by atoms with Gasteiger partial charge in [0.15, 0.2) is 0 Å². The second kappa shape index (κ2) is 5.19. The van der Waals surface area contributed by atoms with E-state index in [9.17, 15) is 0 Å². The Kier molecular flexibility index (Phi) is 3.64. The van der Waals surface area contributed by atoms with Gasteiger partial charge in [0, 0.05) is 30.9 Å². The van der Waals surface area contributed by atoms with Crippen LogP contribution in [0.2, 0.25) is 0 Å². The van der Waals surface area contributed by atoms with Gasteiger partial charge in [-0.25, -0.2) is 0 Å². The minimum Gasteiger partial charge on any atom is -0.384 e. The zero-order valence-corrected chi connectivity index (χ0v) is 10.1. The first kappa shape index (κ1) is 11.9. The van der Waals surface area contributed by atoms with E-state index in [1.165, 1.54) is 0 Å². The molecule has 0 spiro atoms. The van der Waals surface area contributed by atoms with Crippen molar-refractivity contribution in [2.75, 3.05) is 24.6 Å². The molecule has 0 aliphatic carbocycles. The Morgan fingerprint density at radius 1 is 1.47 bits per heavy atom. The highest BCUT2D eigenvalue weighted by Crippen LogP contribution is 2.22. The fourth-order valence-corrected chi connectivity index (χ4v) is 2.19. The third-order valence-corrected chi connectivity index (χ3v) is 2.99. The summed E-state index contributed by atoms with van der Waals surface area (Å²) in [6.45, 7) is 4.69. The Hall–Kier alpha value is -1.55. The third-order valence-electron chi connectivity index (χ3n) is 2.99. The van der Waals surface area contributed by atoms with Gasteiger partial charge in [-0.3, -0.25) is 5.41 Å². The van der Waals surface area contributed by atoms with Crippen LogP contribution in [0.5, 0.6) is 0 Å². The Labute approximate surface area is 102 Å². The predicted molar refractivity (Wildman–Crippen MR) is 69.7 cm³/mol. The van der Waals surface area contributed by atoms with Crippen LogP contribution in [0.1, 0.15) is 18.9 Å². The van der Waals surface area contributed by atoms with E-state index in [1.807, 2.05) is 24.3 Å². The summed E-state index contributed by atoms with van der Waals surface area (Å²) < 4.78 is 5.63. The van der Waals surface area contributed by atoms with Crippen LogP contribution in [-0.2, 0) is 4.74 Å². The number of hydrogen-bond donors (Lipinski definition) is 2. The molecular weight excluding hydrogens is 214 g/mol. The highest BCUT2D eigenvalue weighted by molar-refractivity contribution is 6.00. The highest BCUT2D eigenvalue weighted by atomic mass is 16.5. The first-order chi connectivity index (χ1) is 8.18. The lowest BCUT2D eigenvalue weighted by molar-refractivity contribution is 0.0821. The number of hydrogen-bond acceptors (Lipinski definition) is 3. The molecule has 4 heteroatoms. The van der Waals surface area contributed by atoms with Crippen LogP contribution in [0.3, 0.4) is 0 Å². The van der Waals surface area contributed by atoms with Crippen LogP contribution >= 0.6 is 0 Å². The highest BCUT2D eigenvalue weighted by Gasteiger charge is 2.18. The topological polar surface area (TPSA) is 62.3 Å². The molecule has 1 fully saturated rings. The Morgan fingerprint density at radius 2 is 2.24 bits per heavy atom. The first-order valence-electron chi connectivity index (χ1n) is 5.98. The summed E-state index contributed by atoms with van der Waals surface area (Å²) in [6, 6.07) is 7.82. The van der Waals surface area contributed by atoms with Gasteiger partial charge in [0.1, 0.15) is 5.84 Å². The van der Waals surface area contributed by atoms with E-state index in [2.05, 4.69) is 11.8 Å². The SMILES string of the molecule is CC1CN(c2ccccc2C(=N)N)CCCO1. The predicted octanol–water partition coefficient (Wildman–Crippen LogP) is 1.59. The van der Waals surface area contributed by atoms with Crippen LogP contribution in [0.15, 0.2) is 24.3 Å². The lowest BCUT2D eigenvalue weighted by atomic mass is 10.1. The van der Waals surface area contributed by atoms with Crippen LogP contribution < -0.4 is 10.6 Å². The Bertz CT molecular complexity index is 405. The van der Waals surface area contributed by atoms with Crippen molar-refractivity contribution in [2.45, 2.75) is 19.4 Å². The largest absolute Gasteiger partial charge is 0.384 e. The average molecular weight is 233 g/mol. The van der Waals surface area contributed by atoms with E-state index in [-0.39, 0.29) is 11.9 Å². The Morgan fingerprint density at radius 3 is 3.00 bits per heavy atom. The van der Waals surface area contributed by atoms with E-state index in [0.717, 1.165) is 37.4 Å². The number of benzene rings is 1. The number of nitrogens with zero attached hydrogens (tertiary/aromatic N) is 1. The van der Waals surface area contributed by atoms with Gasteiger partial charge < -0.3 is 15.4 Å². The lowest BCUT2D eigenvalue weighted by Gasteiger charge is -2.26. The number of amidine groups is 1. The molecule has 1 aromatic rings. The zero-order valence-electron chi connectivity index (χ0n) is 10.1. The fourth-order valence-electron chi connectivity index (χ4n) is 2.19. The van der Waals surface area contributed by atoms with Gasteiger partial charge in [-0.2, -0.15) is 0 Å². The number of nitrogens with two attached hydrogens (primary N) is 1. The maximum Gasteiger partial charge on any atom is 0.124 e. The molecule has 0 radical (unpaired) electrons. The van der Waals surface area contributed by atoms with Crippen LogP contribution in [0.4, 0.5) is 5.69 Å². The molecule has 1 aliphatic heterocycles. The van der Waals surface area contributed by atoms with E-state index in [4.69, 9.17) is 15.9 Å². The summed E-state index contributed by atoms with van der Waals surface area (Å²) in [5, 5.41) is 7.62. The summed E-state index contributed by atoms with van der Waals surface area (Å²) in [5.74, 6) is 0.124. The monoisotopic (exact) mass is 233 g/mol. The molecule has 3 N–H and O–H groups in total. The van der Waals surface area contributed by atoms with Gasteiger partial charge in [0.2, 0.25) is 0 Å². The van der Waals surface area contributed by atoms with Gasteiger partial charge in [-0.1, -0.05) is 12.1 Å². The maximum atomic E-state index is 7.62. The fraction of sp³-hybridized carbons (Fsp3) is 0.462. The van der Waals surface area contributed by atoms with Crippen molar-refractivity contribution in [3.05, 3.63) is 29.8 Å². The van der Waals surface area contributed by atoms with Crippen molar-refractivity contribution in [3.8, 4) is 0 Å². The normalized spacial score (nSPS) is 21.0. The molecule has 4 nitrogen and oxygen atoms in total. The van der Waals surface area contributed by atoms with Gasteiger partial charge in [-0.05, 0) is 25.5 Å². The number of para-hydroxylation sites is 1. The van der Waals surface area contributed by atoms with Crippen molar-refractivity contribution in [1.82, 2.24) is 0 Å². The quantitative estimate of drug-likeness (QED) is 0.602. The van der Waals surface area contributed by atoms with E-state index >= 15 is 0 Å². The number of rotatable bonds is 2. The second-order valence-electron chi connectivity index (χ2n) is 4.41. The molecule has 1 atom stereocenters. The summed E-state index contributed by atoms with van der Waals surface area (Å²) in [5.41, 5.74) is 7.47. The summed E-state index contributed by atoms with van der Waals surface area (Å²) in [7, 11) is 0. The third kappa shape index (κ3) is 2.77. The van der Waals surface area contributed by atoms with Crippen molar-refractivity contribution in [2.24, 2.45) is 5.73 Å². The van der Waals surface area contributed by atoms with Crippen molar-refractivity contribution >= 4 is 11.5 Å². The van der Waals surface area contributed by atoms with Gasteiger partial charge in [-0.15, -0.1) is 0 Å². The molecule has 0 aromatic heterocycles. The molecule has 1 aromatic carbocycles. The second-order valence-corrected chi connectivity index (χ2v) is 4.41. The zero-order chi connectivity index (χ0) is 12.3. The molecule has 0 amide bonds. The van der Waals surface area contributed by atoms with Crippen molar-refractivity contribution < 1.29 is 4.74 Å². The van der Waals surface area contributed by atoms with Gasteiger partial charge in [0.05, 0.1) is 6.10 Å². The Balaban J connectivity index is 2.28. The molecule has 17 heavy (non-hydrogen) atoms. The van der Waals surface area contributed by atoms with E-state index in [0.29, 0.717) is 0 Å². The van der Waals surface area contributed by atoms with Gasteiger partial charge in [0.25, 0.3) is 0 Å². The van der Waals surface area contributed by atoms with E-state index < -0.39 is 0 Å². The summed E-state index contributed by atoms with van der Waals surface area (Å²) in [6.07, 6.45) is 1.23. The lowest BCUT2D eigenvalue weighted by Crippen LogP contribution is -2.32. The maximum absolute atomic E-state index is 7.62. The number of nitrogen functional groups attached to an aromatic ring is 1. The molecule has 0 bridgehead atoms. The molecule has 2 rings (SSSR count).